The van der Waals surface area contributed by atoms with E-state index >= 15 is 0 Å². The van der Waals surface area contributed by atoms with Crippen molar-refractivity contribution in [1.82, 2.24) is 5.32 Å². The van der Waals surface area contributed by atoms with Gasteiger partial charge in [0.15, 0.2) is 0 Å². The number of rotatable bonds is 10. The molecule has 5 rings (SSSR count). The third kappa shape index (κ3) is 6.86. The van der Waals surface area contributed by atoms with Crippen LogP contribution in [0.4, 0.5) is 5.69 Å². The molecule has 0 bridgehead atoms. The lowest BCUT2D eigenvalue weighted by atomic mass is 9.85. The van der Waals surface area contributed by atoms with Gasteiger partial charge < -0.3 is 34.3 Å². The summed E-state index contributed by atoms with van der Waals surface area (Å²) in [7, 11) is 1.73. The number of aliphatic hydroxyl groups is 1. The highest BCUT2D eigenvalue weighted by Crippen LogP contribution is 2.35. The highest BCUT2D eigenvalue weighted by Gasteiger charge is 2.35. The summed E-state index contributed by atoms with van der Waals surface area (Å²) in [5.74, 6) is 2.17. The van der Waals surface area contributed by atoms with Gasteiger partial charge in [-0.25, -0.2) is 0 Å². The first-order valence-electron chi connectivity index (χ1n) is 13.6. The fourth-order valence-corrected chi connectivity index (χ4v) is 5.48. The summed E-state index contributed by atoms with van der Waals surface area (Å²) in [6.07, 6.45) is 0.0761. The van der Waals surface area contributed by atoms with E-state index in [0.717, 1.165) is 60.2 Å². The highest BCUT2D eigenvalue weighted by molar-refractivity contribution is 6.31. The molecule has 2 aliphatic rings. The summed E-state index contributed by atoms with van der Waals surface area (Å²) in [6.45, 7) is 5.91. The summed E-state index contributed by atoms with van der Waals surface area (Å²) >= 11 is 6.14. The molecule has 0 saturated carbocycles. The molecule has 8 heteroatoms. The molecule has 0 spiro atoms. The molecule has 0 aliphatic carbocycles. The average Bonchev–Trinajstić information content (AvgIpc) is 2.94. The van der Waals surface area contributed by atoms with E-state index < -0.39 is 6.10 Å². The Morgan fingerprint density at radius 3 is 2.64 bits per heavy atom. The Hall–Kier alpha value is -2.81. The number of hydrogen-bond acceptors (Lipinski definition) is 7. The quantitative estimate of drug-likeness (QED) is 0.336. The maximum Gasteiger partial charge on any atom is 0.143 e. The molecule has 7 nitrogen and oxygen atoms in total. The smallest absolute Gasteiger partial charge is 0.143 e. The maximum absolute atomic E-state index is 10.9. The molecular weight excluding hydrogens is 516 g/mol. The number of fused-ring (bicyclic) bond motifs is 1. The SMILES string of the molecule is COCCCN1CC(COC2CNCC(O)C2c2ccc(Oc3ccc(Cl)c(C)c3)cc2)Oc2ccccc21. The maximum atomic E-state index is 10.9. The number of β-amino-alcohol motifs (C(OH)–C–C–N with tert-alkyl or cyclic N) is 1. The normalized spacial score (nSPS) is 22.7. The third-order valence-corrected chi connectivity index (χ3v) is 7.76. The minimum Gasteiger partial charge on any atom is -0.484 e. The van der Waals surface area contributed by atoms with Gasteiger partial charge in [-0.1, -0.05) is 35.9 Å². The van der Waals surface area contributed by atoms with Crippen molar-refractivity contribution in [2.24, 2.45) is 0 Å². The number of hydrogen-bond donors (Lipinski definition) is 2. The monoisotopic (exact) mass is 552 g/mol. The van der Waals surface area contributed by atoms with E-state index in [9.17, 15) is 5.11 Å². The number of benzene rings is 3. The number of methoxy groups -OCH3 is 1. The van der Waals surface area contributed by atoms with Gasteiger partial charge in [-0.15, -0.1) is 0 Å². The van der Waals surface area contributed by atoms with Crippen LogP contribution in [0.5, 0.6) is 17.2 Å². The molecule has 2 heterocycles. The van der Waals surface area contributed by atoms with E-state index in [-0.39, 0.29) is 18.1 Å². The second kappa shape index (κ2) is 13.0. The number of anilines is 1. The molecule has 4 unspecified atom stereocenters. The van der Waals surface area contributed by atoms with E-state index in [1.807, 2.05) is 67.6 Å². The molecular formula is C31H37ClN2O5. The van der Waals surface area contributed by atoms with E-state index in [2.05, 4.69) is 16.3 Å². The summed E-state index contributed by atoms with van der Waals surface area (Å²) < 4.78 is 24.0. The van der Waals surface area contributed by atoms with Crippen LogP contribution in [0.25, 0.3) is 0 Å². The van der Waals surface area contributed by atoms with Crippen LogP contribution in [0, 0.1) is 6.92 Å². The topological polar surface area (TPSA) is 72.4 Å². The largest absolute Gasteiger partial charge is 0.484 e. The van der Waals surface area contributed by atoms with Crippen LogP contribution in [0.3, 0.4) is 0 Å². The van der Waals surface area contributed by atoms with Gasteiger partial charge in [0.05, 0.1) is 31.0 Å². The van der Waals surface area contributed by atoms with Gasteiger partial charge in [0.25, 0.3) is 0 Å². The molecule has 3 aromatic rings. The Bertz CT molecular complexity index is 1220. The molecule has 4 atom stereocenters. The van der Waals surface area contributed by atoms with Crippen molar-refractivity contribution < 1.29 is 24.1 Å². The minimum atomic E-state index is -0.562. The summed E-state index contributed by atoms with van der Waals surface area (Å²) in [6, 6.07) is 21.6. The Kier molecular flexibility index (Phi) is 9.27. The summed E-state index contributed by atoms with van der Waals surface area (Å²) in [5, 5.41) is 15.0. The third-order valence-electron chi connectivity index (χ3n) is 7.34. The lowest BCUT2D eigenvalue weighted by molar-refractivity contribution is -0.0499. The predicted molar refractivity (Wildman–Crippen MR) is 154 cm³/mol. The van der Waals surface area contributed by atoms with Gasteiger partial charge in [0, 0.05) is 44.3 Å². The molecule has 0 amide bonds. The molecule has 3 aromatic carbocycles. The molecule has 39 heavy (non-hydrogen) atoms. The van der Waals surface area contributed by atoms with E-state index in [0.29, 0.717) is 24.7 Å². The van der Waals surface area contributed by atoms with Gasteiger partial charge >= 0.3 is 0 Å². The van der Waals surface area contributed by atoms with Crippen molar-refractivity contribution in [2.45, 2.75) is 37.6 Å². The van der Waals surface area contributed by atoms with Crippen molar-refractivity contribution in [3.63, 3.8) is 0 Å². The van der Waals surface area contributed by atoms with Gasteiger partial charge in [0.1, 0.15) is 23.4 Å². The fourth-order valence-electron chi connectivity index (χ4n) is 5.36. The molecule has 208 valence electrons. The predicted octanol–water partition coefficient (Wildman–Crippen LogP) is 5.18. The number of piperidine rings is 1. The number of nitrogens with zero attached hydrogens (tertiary/aromatic N) is 1. The van der Waals surface area contributed by atoms with Crippen LogP contribution >= 0.6 is 11.6 Å². The molecule has 0 aromatic heterocycles. The number of halogens is 1. The second-order valence-electron chi connectivity index (χ2n) is 10.2. The van der Waals surface area contributed by atoms with Crippen LogP contribution in [0.2, 0.25) is 5.02 Å². The Balaban J connectivity index is 1.24. The van der Waals surface area contributed by atoms with Crippen LogP contribution in [0.15, 0.2) is 66.7 Å². The molecule has 0 radical (unpaired) electrons. The zero-order valence-electron chi connectivity index (χ0n) is 22.5. The summed E-state index contributed by atoms with van der Waals surface area (Å²) in [4.78, 5) is 2.35. The highest BCUT2D eigenvalue weighted by atomic mass is 35.5. The average molecular weight is 553 g/mol. The van der Waals surface area contributed by atoms with Gasteiger partial charge in [-0.2, -0.15) is 0 Å². The first-order valence-corrected chi connectivity index (χ1v) is 13.9. The number of ether oxygens (including phenoxy) is 4. The van der Waals surface area contributed by atoms with Crippen molar-refractivity contribution in [1.29, 1.82) is 0 Å². The van der Waals surface area contributed by atoms with Gasteiger partial charge in [-0.05, 0) is 66.9 Å². The minimum absolute atomic E-state index is 0.110. The Morgan fingerprint density at radius 1 is 1.05 bits per heavy atom. The van der Waals surface area contributed by atoms with E-state index in [4.69, 9.17) is 30.5 Å². The Labute approximate surface area is 235 Å². The lowest BCUT2D eigenvalue weighted by Gasteiger charge is -2.39. The van der Waals surface area contributed by atoms with Gasteiger partial charge in [-0.3, -0.25) is 0 Å². The standard InChI is InChI=1S/C31H37ClN2O5/c1-21-16-24(12-13-26(21)32)38-23-10-8-22(9-11-23)31-28(35)17-33-18-30(31)37-20-25-19-34(14-5-15-36-2)27-6-3-4-7-29(27)39-25/h3-4,6-13,16,25,28,30-31,33,35H,5,14-15,17-20H2,1-2H3. The number of nitrogens with one attached hydrogen (secondary N) is 1. The zero-order valence-corrected chi connectivity index (χ0v) is 23.3. The number of para-hydroxylation sites is 2. The van der Waals surface area contributed by atoms with Crippen molar-refractivity contribution in [3.05, 3.63) is 82.9 Å². The van der Waals surface area contributed by atoms with E-state index in [1.54, 1.807) is 7.11 Å². The van der Waals surface area contributed by atoms with Crippen molar-refractivity contribution in [3.8, 4) is 17.2 Å². The van der Waals surface area contributed by atoms with Crippen LogP contribution < -0.4 is 19.7 Å². The first kappa shape index (κ1) is 27.7. The molecule has 2 N–H and O–H groups in total. The second-order valence-corrected chi connectivity index (χ2v) is 10.6. The van der Waals surface area contributed by atoms with Crippen LogP contribution in [-0.4, -0.2) is 69.9 Å². The molecule has 1 saturated heterocycles. The van der Waals surface area contributed by atoms with Crippen LogP contribution in [0.1, 0.15) is 23.5 Å². The van der Waals surface area contributed by atoms with Crippen molar-refractivity contribution >= 4 is 17.3 Å². The number of aliphatic hydroxyl groups excluding tert-OH is 1. The molecule has 1 fully saturated rings. The summed E-state index contributed by atoms with van der Waals surface area (Å²) in [5.41, 5.74) is 3.09. The Morgan fingerprint density at radius 2 is 1.85 bits per heavy atom. The van der Waals surface area contributed by atoms with Crippen molar-refractivity contribution in [2.75, 3.05) is 51.4 Å². The zero-order chi connectivity index (χ0) is 27.2. The lowest BCUT2D eigenvalue weighted by Crippen LogP contribution is -2.51. The van der Waals surface area contributed by atoms with Crippen LogP contribution in [-0.2, 0) is 9.47 Å². The van der Waals surface area contributed by atoms with Gasteiger partial charge in [0.2, 0.25) is 0 Å². The number of aryl methyl sites for hydroxylation is 1. The van der Waals surface area contributed by atoms with E-state index in [1.165, 1.54) is 0 Å². The fraction of sp³-hybridized carbons (Fsp3) is 0.419. The first-order chi connectivity index (χ1) is 19.0. The molecule has 2 aliphatic heterocycles.